The van der Waals surface area contributed by atoms with Crippen molar-refractivity contribution in [1.29, 1.82) is 0 Å². The molecule has 0 saturated carbocycles. The fourth-order valence-corrected chi connectivity index (χ4v) is 4.24. The van der Waals surface area contributed by atoms with Crippen LogP contribution in [-0.2, 0) is 33.4 Å². The van der Waals surface area contributed by atoms with Gasteiger partial charge in [0.1, 0.15) is 0 Å². The molecule has 0 aliphatic carbocycles. The largest absolute Gasteiger partial charge is 0.422 e. The zero-order valence-electron chi connectivity index (χ0n) is 15.6. The molecule has 0 unspecified atom stereocenters. The summed E-state index contributed by atoms with van der Waals surface area (Å²) >= 11 is 0. The van der Waals surface area contributed by atoms with Crippen molar-refractivity contribution < 1.29 is 33.4 Å². The second-order valence-electron chi connectivity index (χ2n) is 7.20. The topological polar surface area (TPSA) is 99.2 Å². The van der Waals surface area contributed by atoms with Crippen LogP contribution in [0.2, 0.25) is 0 Å². The van der Waals surface area contributed by atoms with E-state index in [1.807, 2.05) is 13.0 Å². The predicted molar refractivity (Wildman–Crippen MR) is 94.7 cm³/mol. The van der Waals surface area contributed by atoms with E-state index in [1.54, 1.807) is 30.4 Å². The zero-order valence-corrected chi connectivity index (χ0v) is 15.6. The maximum absolute atomic E-state index is 13.3. The fraction of sp³-hybridized carbons (Fsp3) is 0.400. The van der Waals surface area contributed by atoms with E-state index in [0.29, 0.717) is 5.69 Å². The van der Waals surface area contributed by atoms with Gasteiger partial charge in [-0.25, -0.2) is 4.90 Å². The van der Waals surface area contributed by atoms with Gasteiger partial charge in [-0.2, -0.15) is 0 Å². The fourth-order valence-electron chi connectivity index (χ4n) is 4.24. The Hall–Kier alpha value is -3.00. The summed E-state index contributed by atoms with van der Waals surface area (Å²) in [6.45, 7) is 4.19. The number of fused-ring (bicyclic) bond motifs is 5. The Kier molecular flexibility index (Phi) is 4.11. The van der Waals surface area contributed by atoms with Gasteiger partial charge in [0.2, 0.25) is 11.8 Å². The highest BCUT2D eigenvalue weighted by Crippen LogP contribution is 2.54. The van der Waals surface area contributed by atoms with Crippen LogP contribution in [0.15, 0.2) is 36.4 Å². The van der Waals surface area contributed by atoms with E-state index in [2.05, 4.69) is 0 Å². The molecule has 0 aromatic heterocycles. The van der Waals surface area contributed by atoms with Gasteiger partial charge in [0.05, 0.1) is 23.6 Å². The van der Waals surface area contributed by atoms with Crippen molar-refractivity contribution in [3.05, 3.63) is 42.0 Å². The Morgan fingerprint density at radius 2 is 1.82 bits per heavy atom. The molecule has 3 heterocycles. The molecule has 0 N–H and O–H groups in total. The van der Waals surface area contributed by atoms with Crippen molar-refractivity contribution in [2.45, 2.75) is 38.8 Å². The summed E-state index contributed by atoms with van der Waals surface area (Å²) in [5, 5.41) is 0. The average molecular weight is 385 g/mol. The Balaban J connectivity index is 1.75. The molecular formula is C20H19NO7. The summed E-state index contributed by atoms with van der Waals surface area (Å²) in [5.41, 5.74) is -0.159. The van der Waals surface area contributed by atoms with E-state index in [0.717, 1.165) is 24.3 Å². The van der Waals surface area contributed by atoms with Gasteiger partial charge < -0.3 is 14.2 Å². The highest BCUT2D eigenvalue weighted by Gasteiger charge is 2.72. The van der Waals surface area contributed by atoms with Crippen LogP contribution < -0.4 is 4.90 Å². The van der Waals surface area contributed by atoms with E-state index in [-0.39, 0.29) is 5.91 Å². The molecule has 4 atom stereocenters. The number of carbonyl (C=O) groups is 4. The molecule has 2 fully saturated rings. The maximum atomic E-state index is 13.3. The third kappa shape index (κ3) is 2.56. The molecule has 146 valence electrons. The number of esters is 2. The summed E-state index contributed by atoms with van der Waals surface area (Å²) in [6.07, 6.45) is 1.07. The first-order valence-corrected chi connectivity index (χ1v) is 8.90. The first kappa shape index (κ1) is 18.4. The van der Waals surface area contributed by atoms with Gasteiger partial charge >= 0.3 is 11.9 Å². The molecule has 3 aliphatic rings. The lowest BCUT2D eigenvalue weighted by molar-refractivity contribution is -0.226. The minimum Gasteiger partial charge on any atom is -0.422 e. The number of hydrogen-bond donors (Lipinski definition) is 0. The number of ether oxygens (including phenoxy) is 3. The quantitative estimate of drug-likeness (QED) is 0.333. The van der Waals surface area contributed by atoms with E-state index < -0.39 is 47.7 Å². The SMILES string of the molecule is CC(=O)OC(OC(C)=O)[C@@]12C=C[C@@H](O1)[C@H]1C(=O)N(c3cccc(C)c3)C(=O)[C@@H]12. The van der Waals surface area contributed by atoms with Crippen LogP contribution >= 0.6 is 0 Å². The lowest BCUT2D eigenvalue weighted by Crippen LogP contribution is -2.52. The number of carbonyl (C=O) groups excluding carboxylic acids is 4. The maximum Gasteiger partial charge on any atom is 0.305 e. The van der Waals surface area contributed by atoms with Crippen LogP contribution in [0.25, 0.3) is 0 Å². The smallest absolute Gasteiger partial charge is 0.305 e. The number of benzene rings is 1. The average Bonchev–Trinajstić information content (AvgIpc) is 3.25. The second-order valence-corrected chi connectivity index (χ2v) is 7.20. The molecule has 3 aliphatic heterocycles. The molecule has 1 aromatic rings. The standard InChI is InChI=1S/C20H19NO7/c1-10-5-4-6-13(9-10)21-17(24)15-14-7-8-20(28-14,16(15)18(21)25)19(26-11(2)22)27-12(3)23/h4-9,14-16,19H,1-3H3/t14-,15-,16-,20+/m1/s1. The normalized spacial score (nSPS) is 30.1. The van der Waals surface area contributed by atoms with Crippen molar-refractivity contribution in [1.82, 2.24) is 0 Å². The number of hydrogen-bond acceptors (Lipinski definition) is 7. The van der Waals surface area contributed by atoms with Gasteiger partial charge in [-0.1, -0.05) is 18.2 Å². The molecule has 0 radical (unpaired) electrons. The summed E-state index contributed by atoms with van der Waals surface area (Å²) in [6, 6.07) is 7.05. The minimum atomic E-state index is -1.53. The van der Waals surface area contributed by atoms with E-state index in [1.165, 1.54) is 0 Å². The summed E-state index contributed by atoms with van der Waals surface area (Å²) in [5.74, 6) is -3.99. The number of rotatable bonds is 4. The molecule has 0 spiro atoms. The Bertz CT molecular complexity index is 907. The van der Waals surface area contributed by atoms with Gasteiger partial charge in [-0.05, 0) is 30.7 Å². The molecule has 8 heteroatoms. The van der Waals surface area contributed by atoms with Crippen LogP contribution in [0, 0.1) is 18.8 Å². The number of imide groups is 1. The predicted octanol–water partition coefficient (Wildman–Crippen LogP) is 1.26. The first-order valence-electron chi connectivity index (χ1n) is 8.90. The molecule has 1 aromatic carbocycles. The third-order valence-corrected chi connectivity index (χ3v) is 5.25. The molecular weight excluding hydrogens is 366 g/mol. The molecule has 8 nitrogen and oxygen atoms in total. The molecule has 2 amide bonds. The van der Waals surface area contributed by atoms with Crippen molar-refractivity contribution in [2.75, 3.05) is 4.90 Å². The highest BCUT2D eigenvalue weighted by atomic mass is 16.7. The molecule has 4 rings (SSSR count). The Morgan fingerprint density at radius 3 is 2.43 bits per heavy atom. The lowest BCUT2D eigenvalue weighted by Gasteiger charge is -2.34. The summed E-state index contributed by atoms with van der Waals surface area (Å²) in [4.78, 5) is 50.7. The second kappa shape index (κ2) is 6.27. The monoisotopic (exact) mass is 385 g/mol. The van der Waals surface area contributed by atoms with Gasteiger partial charge in [0.25, 0.3) is 6.29 Å². The molecule has 28 heavy (non-hydrogen) atoms. The van der Waals surface area contributed by atoms with Gasteiger partial charge in [0.15, 0.2) is 5.60 Å². The van der Waals surface area contributed by atoms with Crippen molar-refractivity contribution >= 4 is 29.4 Å². The van der Waals surface area contributed by atoms with Gasteiger partial charge in [-0.3, -0.25) is 19.2 Å². The van der Waals surface area contributed by atoms with Crippen LogP contribution in [0.4, 0.5) is 5.69 Å². The molecule has 2 bridgehead atoms. The minimum absolute atomic E-state index is 0.388. The lowest BCUT2D eigenvalue weighted by atomic mass is 9.76. The number of anilines is 1. The number of nitrogens with zero attached hydrogens (tertiary/aromatic N) is 1. The van der Waals surface area contributed by atoms with Crippen molar-refractivity contribution in [3.63, 3.8) is 0 Å². The Labute approximate surface area is 161 Å². The summed E-state index contributed by atoms with van der Waals surface area (Å²) < 4.78 is 16.3. The first-order chi connectivity index (χ1) is 13.2. The zero-order chi connectivity index (χ0) is 20.2. The van der Waals surface area contributed by atoms with Crippen LogP contribution in [0.3, 0.4) is 0 Å². The molecule has 2 saturated heterocycles. The van der Waals surface area contributed by atoms with E-state index in [4.69, 9.17) is 14.2 Å². The highest BCUT2D eigenvalue weighted by molar-refractivity contribution is 6.23. The van der Waals surface area contributed by atoms with Crippen LogP contribution in [-0.4, -0.2) is 41.7 Å². The third-order valence-electron chi connectivity index (χ3n) is 5.25. The van der Waals surface area contributed by atoms with Crippen molar-refractivity contribution in [2.24, 2.45) is 11.8 Å². The van der Waals surface area contributed by atoms with E-state index in [9.17, 15) is 19.2 Å². The van der Waals surface area contributed by atoms with Crippen LogP contribution in [0.1, 0.15) is 19.4 Å². The Morgan fingerprint density at radius 1 is 1.14 bits per heavy atom. The summed E-state index contributed by atoms with van der Waals surface area (Å²) in [7, 11) is 0. The van der Waals surface area contributed by atoms with Crippen LogP contribution in [0.5, 0.6) is 0 Å². The van der Waals surface area contributed by atoms with Gasteiger partial charge in [0, 0.05) is 13.8 Å². The number of aryl methyl sites for hydroxylation is 1. The number of amides is 2. The van der Waals surface area contributed by atoms with Crippen molar-refractivity contribution in [3.8, 4) is 0 Å². The van der Waals surface area contributed by atoms with Gasteiger partial charge in [-0.15, -0.1) is 0 Å². The van der Waals surface area contributed by atoms with E-state index >= 15 is 0 Å².